The van der Waals surface area contributed by atoms with E-state index in [1.807, 2.05) is 0 Å². The largest absolute Gasteiger partial charge is 0.508 e. The van der Waals surface area contributed by atoms with Crippen molar-refractivity contribution < 1.29 is 33.3 Å². The molecule has 0 rings (SSSR count). The second kappa shape index (κ2) is 38.4. The molecule has 0 fully saturated rings. The van der Waals surface area contributed by atoms with E-state index in [0.29, 0.717) is 12.8 Å². The molecule has 0 aliphatic heterocycles. The zero-order valence-corrected chi connectivity index (χ0v) is 35.6. The van der Waals surface area contributed by atoms with Gasteiger partial charge in [-0.3, -0.25) is 9.59 Å². The highest BCUT2D eigenvalue weighted by Crippen LogP contribution is 2.26. The molecule has 0 aromatic carbocycles. The number of rotatable bonds is 38. The van der Waals surface area contributed by atoms with Crippen molar-refractivity contribution >= 4 is 52.9 Å². The van der Waals surface area contributed by atoms with Gasteiger partial charge in [-0.15, -0.1) is 0 Å². The van der Waals surface area contributed by atoms with Crippen LogP contribution in [0.3, 0.4) is 0 Å². The van der Waals surface area contributed by atoms with Crippen molar-refractivity contribution in [3.63, 3.8) is 0 Å². The Morgan fingerprint density at radius 2 is 0.731 bits per heavy atom. The monoisotopic (exact) mass is 798 g/mol. The molecule has 0 amide bonds. The van der Waals surface area contributed by atoms with Gasteiger partial charge in [0.2, 0.25) is 3.79 Å². The first-order valence-corrected chi connectivity index (χ1v) is 22.5. The summed E-state index contributed by atoms with van der Waals surface area (Å²) in [5.41, 5.74) is 0. The molecule has 308 valence electrons. The smallest absolute Gasteiger partial charge is 0.462 e. The molecule has 0 aromatic rings. The number of hydrogen-bond donors (Lipinski definition) is 0. The average Bonchev–Trinajstić information content (AvgIpc) is 3.11. The Labute approximate surface area is 334 Å². The third-order valence-electron chi connectivity index (χ3n) is 9.44. The first kappa shape index (κ1) is 51.1. The minimum absolute atomic E-state index is 0.208. The van der Waals surface area contributed by atoms with Crippen LogP contribution in [0.1, 0.15) is 219 Å². The summed E-state index contributed by atoms with van der Waals surface area (Å²) in [6, 6.07) is 0. The molecule has 52 heavy (non-hydrogen) atoms. The van der Waals surface area contributed by atoms with Crippen molar-refractivity contribution in [1.29, 1.82) is 0 Å². The maximum Gasteiger partial charge on any atom is 0.508 e. The molecular weight excluding hydrogens is 723 g/mol. The van der Waals surface area contributed by atoms with E-state index in [1.54, 1.807) is 0 Å². The fourth-order valence-corrected chi connectivity index (χ4v) is 6.41. The Bertz CT molecular complexity index is 822. The quantitative estimate of drug-likeness (QED) is 0.0266. The minimum Gasteiger partial charge on any atom is -0.462 e. The predicted octanol–water partition coefficient (Wildman–Crippen LogP) is 14.5. The Kier molecular flexibility index (Phi) is 37.7. The molecule has 0 unspecified atom stereocenters. The van der Waals surface area contributed by atoms with Crippen LogP contribution in [0.2, 0.25) is 0 Å². The number of carbonyl (C=O) groups is 3. The second-order valence-electron chi connectivity index (χ2n) is 14.7. The molecule has 10 heteroatoms. The molecule has 0 saturated carbocycles. The minimum atomic E-state index is -1.78. The number of alkyl halides is 3. The van der Waals surface area contributed by atoms with Crippen LogP contribution in [-0.2, 0) is 28.5 Å². The molecule has 0 aromatic heterocycles. The molecule has 0 saturated heterocycles. The summed E-state index contributed by atoms with van der Waals surface area (Å²) in [6.45, 7) is 3.48. The lowest BCUT2D eigenvalue weighted by molar-refractivity contribution is -0.162. The zero-order valence-electron chi connectivity index (χ0n) is 33.3. The number of ether oxygens (including phenoxy) is 4. The van der Waals surface area contributed by atoms with Crippen LogP contribution in [0.15, 0.2) is 0 Å². The lowest BCUT2D eigenvalue weighted by atomic mass is 10.0. The van der Waals surface area contributed by atoms with Crippen molar-refractivity contribution in [2.24, 2.45) is 0 Å². The molecule has 0 radical (unpaired) electrons. The highest BCUT2D eigenvalue weighted by atomic mass is 35.6. The van der Waals surface area contributed by atoms with Gasteiger partial charge < -0.3 is 18.9 Å². The highest BCUT2D eigenvalue weighted by Gasteiger charge is 2.24. The van der Waals surface area contributed by atoms with Crippen LogP contribution in [0.5, 0.6) is 0 Å². The first-order valence-electron chi connectivity index (χ1n) is 21.4. The van der Waals surface area contributed by atoms with E-state index in [-0.39, 0.29) is 25.6 Å². The molecule has 0 N–H and O–H groups in total. The van der Waals surface area contributed by atoms with Gasteiger partial charge in [-0.05, 0) is 12.8 Å². The van der Waals surface area contributed by atoms with Crippen molar-refractivity contribution in [3.05, 3.63) is 0 Å². The van der Waals surface area contributed by atoms with E-state index >= 15 is 0 Å². The Morgan fingerprint density at radius 1 is 0.423 bits per heavy atom. The van der Waals surface area contributed by atoms with Gasteiger partial charge >= 0.3 is 18.1 Å². The number of esters is 2. The SMILES string of the molecule is CCCCCCCCCCCCCCCCCC(=O)OC[C@H](COC(=O)OCC(Cl)(Cl)Cl)OC(=O)CCCCCCCCCCCCCCCCC. The van der Waals surface area contributed by atoms with Gasteiger partial charge in [0.25, 0.3) is 0 Å². The van der Waals surface area contributed by atoms with Gasteiger partial charge in [0.05, 0.1) is 0 Å². The Morgan fingerprint density at radius 3 is 1.08 bits per heavy atom. The van der Waals surface area contributed by atoms with E-state index in [1.165, 1.54) is 154 Å². The topological polar surface area (TPSA) is 88.1 Å². The third kappa shape index (κ3) is 40.3. The molecule has 0 spiro atoms. The molecule has 0 aliphatic carbocycles. The van der Waals surface area contributed by atoms with E-state index in [0.717, 1.165) is 32.1 Å². The molecule has 0 heterocycles. The van der Waals surface area contributed by atoms with Gasteiger partial charge in [-0.2, -0.15) is 0 Å². The van der Waals surface area contributed by atoms with Gasteiger partial charge in [0, 0.05) is 12.8 Å². The zero-order chi connectivity index (χ0) is 38.4. The van der Waals surface area contributed by atoms with Gasteiger partial charge in [0.15, 0.2) is 6.10 Å². The van der Waals surface area contributed by atoms with Crippen LogP contribution in [0.4, 0.5) is 4.79 Å². The first-order chi connectivity index (χ1) is 25.2. The average molecular weight is 800 g/mol. The van der Waals surface area contributed by atoms with Gasteiger partial charge in [-0.1, -0.05) is 228 Å². The molecule has 7 nitrogen and oxygen atoms in total. The van der Waals surface area contributed by atoms with E-state index in [9.17, 15) is 14.4 Å². The predicted molar refractivity (Wildman–Crippen MR) is 218 cm³/mol. The number of unbranched alkanes of at least 4 members (excludes halogenated alkanes) is 28. The van der Waals surface area contributed by atoms with Crippen molar-refractivity contribution in [1.82, 2.24) is 0 Å². The van der Waals surface area contributed by atoms with E-state index in [2.05, 4.69) is 13.8 Å². The third-order valence-corrected chi connectivity index (χ3v) is 9.77. The summed E-state index contributed by atoms with van der Waals surface area (Å²) in [4.78, 5) is 36.9. The van der Waals surface area contributed by atoms with Gasteiger partial charge in [0.1, 0.15) is 19.8 Å². The second-order valence-corrected chi connectivity index (χ2v) is 17.2. The van der Waals surface area contributed by atoms with Crippen LogP contribution in [-0.4, -0.2) is 47.8 Å². The summed E-state index contributed by atoms with van der Waals surface area (Å²) in [5, 5.41) is 0. The van der Waals surface area contributed by atoms with Crippen molar-refractivity contribution in [3.8, 4) is 0 Å². The summed E-state index contributed by atoms with van der Waals surface area (Å²) < 4.78 is 19.0. The van der Waals surface area contributed by atoms with Crippen molar-refractivity contribution in [2.45, 2.75) is 229 Å². The number of halogens is 3. The lowest BCUT2D eigenvalue weighted by Gasteiger charge is -2.18. The standard InChI is InChI=1S/C42H77Cl3O7/c1-3-5-7-9-11-13-15-17-19-21-23-25-27-29-31-33-39(46)49-35-38(36-50-41(48)51-37-42(43,44)45)52-40(47)34-32-30-28-26-24-22-20-18-16-14-12-10-8-6-4-2/h38H,3-37H2,1-2H3/t38-/m1/s1. The van der Waals surface area contributed by atoms with Crippen molar-refractivity contribution in [2.75, 3.05) is 19.8 Å². The molecular formula is C42H77Cl3O7. The Balaban J connectivity index is 4.15. The number of hydrogen-bond acceptors (Lipinski definition) is 7. The summed E-state index contributed by atoms with van der Waals surface area (Å²) in [7, 11) is 0. The van der Waals surface area contributed by atoms with E-state index in [4.69, 9.17) is 53.8 Å². The molecule has 0 aliphatic rings. The summed E-state index contributed by atoms with van der Waals surface area (Å²) >= 11 is 16.9. The summed E-state index contributed by atoms with van der Waals surface area (Å²) in [5.74, 6) is -0.784. The normalized spacial score (nSPS) is 12.1. The van der Waals surface area contributed by atoms with Crippen LogP contribution in [0, 0.1) is 0 Å². The highest BCUT2D eigenvalue weighted by molar-refractivity contribution is 6.67. The summed E-state index contributed by atoms with van der Waals surface area (Å²) in [6.07, 6.45) is 36.0. The number of carbonyl (C=O) groups excluding carboxylic acids is 3. The van der Waals surface area contributed by atoms with E-state index < -0.39 is 28.6 Å². The molecule has 0 bridgehead atoms. The lowest BCUT2D eigenvalue weighted by Crippen LogP contribution is -2.31. The Hall–Kier alpha value is -0.920. The maximum atomic E-state index is 12.6. The van der Waals surface area contributed by atoms with Gasteiger partial charge in [-0.25, -0.2) is 4.79 Å². The van der Waals surface area contributed by atoms with Crippen LogP contribution < -0.4 is 0 Å². The molecule has 1 atom stereocenters. The van der Waals surface area contributed by atoms with Crippen LogP contribution >= 0.6 is 34.8 Å². The maximum absolute atomic E-state index is 12.6. The fraction of sp³-hybridized carbons (Fsp3) is 0.929. The fourth-order valence-electron chi connectivity index (χ4n) is 6.24. The van der Waals surface area contributed by atoms with Crippen LogP contribution in [0.25, 0.3) is 0 Å².